The minimum atomic E-state index is -0.0885. The molecule has 7 heteroatoms. The van der Waals surface area contributed by atoms with E-state index in [4.69, 9.17) is 14.0 Å². The molecule has 3 rings (SSSR count). The van der Waals surface area contributed by atoms with Crippen molar-refractivity contribution in [1.82, 2.24) is 15.5 Å². The number of amides is 1. The highest BCUT2D eigenvalue weighted by molar-refractivity contribution is 5.76. The number of methoxy groups -OCH3 is 1. The van der Waals surface area contributed by atoms with Gasteiger partial charge in [0, 0.05) is 18.4 Å². The fraction of sp³-hybridized carbons (Fsp3) is 0.348. The van der Waals surface area contributed by atoms with E-state index in [1.54, 1.807) is 7.11 Å². The van der Waals surface area contributed by atoms with Crippen molar-refractivity contribution in [3.05, 3.63) is 60.0 Å². The number of hydrogen-bond donors (Lipinski definition) is 1. The zero-order valence-corrected chi connectivity index (χ0v) is 17.6. The lowest BCUT2D eigenvalue weighted by molar-refractivity contribution is -0.121. The van der Waals surface area contributed by atoms with Crippen LogP contribution in [0.5, 0.6) is 11.5 Å². The number of nitrogens with one attached hydrogen (secondary N) is 1. The Labute approximate surface area is 176 Å². The van der Waals surface area contributed by atoms with E-state index in [0.717, 1.165) is 17.1 Å². The molecule has 0 radical (unpaired) electrons. The summed E-state index contributed by atoms with van der Waals surface area (Å²) in [7, 11) is 1.62. The zero-order chi connectivity index (χ0) is 21.3. The third-order valence-electron chi connectivity index (χ3n) is 4.62. The molecule has 7 nitrogen and oxygen atoms in total. The summed E-state index contributed by atoms with van der Waals surface area (Å²) in [5.74, 6) is 2.86. The fourth-order valence-electron chi connectivity index (χ4n) is 2.83. The number of aromatic nitrogens is 2. The average molecular weight is 409 g/mol. The summed E-state index contributed by atoms with van der Waals surface area (Å²) in [6.45, 7) is 5.10. The molecule has 0 atom stereocenters. The topological polar surface area (TPSA) is 86.5 Å². The molecule has 0 aliphatic carbocycles. The first-order chi connectivity index (χ1) is 14.5. The van der Waals surface area contributed by atoms with Gasteiger partial charge in [0.25, 0.3) is 0 Å². The van der Waals surface area contributed by atoms with Gasteiger partial charge < -0.3 is 19.3 Å². The van der Waals surface area contributed by atoms with E-state index in [2.05, 4.69) is 41.4 Å². The molecule has 2 aromatic carbocycles. The normalized spacial score (nSPS) is 10.8. The van der Waals surface area contributed by atoms with Crippen LogP contribution in [0.2, 0.25) is 0 Å². The Hall–Kier alpha value is -3.35. The van der Waals surface area contributed by atoms with Gasteiger partial charge in [-0.3, -0.25) is 4.79 Å². The van der Waals surface area contributed by atoms with Gasteiger partial charge in [-0.2, -0.15) is 4.98 Å². The molecule has 0 saturated heterocycles. The molecule has 158 valence electrons. The molecule has 0 aliphatic heterocycles. The lowest BCUT2D eigenvalue weighted by Crippen LogP contribution is -2.28. The highest BCUT2D eigenvalue weighted by atomic mass is 16.5. The highest BCUT2D eigenvalue weighted by Crippen LogP contribution is 2.21. The maximum atomic E-state index is 12.0. The van der Waals surface area contributed by atoms with Crippen molar-refractivity contribution in [1.29, 1.82) is 0 Å². The smallest absolute Gasteiger partial charge is 0.227 e. The van der Waals surface area contributed by atoms with Crippen molar-refractivity contribution in [3.63, 3.8) is 0 Å². The zero-order valence-electron chi connectivity index (χ0n) is 17.6. The van der Waals surface area contributed by atoms with E-state index in [0.29, 0.717) is 37.2 Å². The molecule has 0 unspecified atom stereocenters. The monoisotopic (exact) mass is 409 g/mol. The first-order valence-electron chi connectivity index (χ1n) is 10.0. The van der Waals surface area contributed by atoms with E-state index in [9.17, 15) is 4.79 Å². The molecule has 30 heavy (non-hydrogen) atoms. The quantitative estimate of drug-likeness (QED) is 0.510. The molecule has 3 aromatic rings. The summed E-state index contributed by atoms with van der Waals surface area (Å²) in [6, 6.07) is 15.4. The fourth-order valence-corrected chi connectivity index (χ4v) is 2.83. The molecule has 0 saturated carbocycles. The second-order valence-corrected chi connectivity index (χ2v) is 7.16. The van der Waals surface area contributed by atoms with Crippen LogP contribution in [-0.2, 0) is 11.2 Å². The Kier molecular flexibility index (Phi) is 7.43. The maximum Gasteiger partial charge on any atom is 0.227 e. The van der Waals surface area contributed by atoms with Crippen LogP contribution in [0.4, 0.5) is 0 Å². The molecule has 0 spiro atoms. The van der Waals surface area contributed by atoms with Crippen LogP contribution in [0.15, 0.2) is 53.1 Å². The summed E-state index contributed by atoms with van der Waals surface area (Å²) < 4.78 is 16.0. The molecule has 1 aromatic heterocycles. The second-order valence-electron chi connectivity index (χ2n) is 7.16. The summed E-state index contributed by atoms with van der Waals surface area (Å²) in [5.41, 5.74) is 2.16. The van der Waals surface area contributed by atoms with Crippen molar-refractivity contribution in [2.75, 3.05) is 20.3 Å². The predicted octanol–water partition coefficient (Wildman–Crippen LogP) is 4.00. The summed E-state index contributed by atoms with van der Waals surface area (Å²) in [6.07, 6.45) is 0.665. The molecule has 1 N–H and O–H groups in total. The summed E-state index contributed by atoms with van der Waals surface area (Å²) >= 11 is 0. The van der Waals surface area contributed by atoms with E-state index in [-0.39, 0.29) is 12.3 Å². The number of ether oxygens (including phenoxy) is 2. The van der Waals surface area contributed by atoms with Gasteiger partial charge in [0.15, 0.2) is 0 Å². The van der Waals surface area contributed by atoms with E-state index >= 15 is 0 Å². The second kappa shape index (κ2) is 10.4. The van der Waals surface area contributed by atoms with Crippen LogP contribution in [0.25, 0.3) is 11.4 Å². The molecule has 0 bridgehead atoms. The van der Waals surface area contributed by atoms with Crippen molar-refractivity contribution in [2.45, 2.75) is 32.6 Å². The number of nitrogens with zero attached hydrogens (tertiary/aromatic N) is 2. The van der Waals surface area contributed by atoms with Gasteiger partial charge in [-0.1, -0.05) is 43.3 Å². The van der Waals surface area contributed by atoms with Gasteiger partial charge >= 0.3 is 0 Å². The Morgan fingerprint density at radius 3 is 2.43 bits per heavy atom. The number of rotatable bonds is 10. The minimum Gasteiger partial charge on any atom is -0.497 e. The number of carbonyl (C=O) groups is 1. The van der Waals surface area contributed by atoms with E-state index in [1.165, 1.54) is 5.56 Å². The SMILES string of the molecule is COc1ccc(OCCNC(=O)CCc2nc(-c3ccc(C(C)C)cc3)no2)cc1. The predicted molar refractivity (Wildman–Crippen MR) is 114 cm³/mol. The van der Waals surface area contributed by atoms with Gasteiger partial charge in [-0.25, -0.2) is 0 Å². The third-order valence-corrected chi connectivity index (χ3v) is 4.62. The molecule has 0 aliphatic rings. The van der Waals surface area contributed by atoms with Crippen molar-refractivity contribution < 1.29 is 18.8 Å². The van der Waals surface area contributed by atoms with Crippen LogP contribution in [-0.4, -0.2) is 36.3 Å². The van der Waals surface area contributed by atoms with E-state index < -0.39 is 0 Å². The van der Waals surface area contributed by atoms with Crippen molar-refractivity contribution in [2.24, 2.45) is 0 Å². The Balaban J connectivity index is 1.38. The van der Waals surface area contributed by atoms with Gasteiger partial charge in [0.05, 0.1) is 13.7 Å². The van der Waals surface area contributed by atoms with Crippen LogP contribution in [0.1, 0.15) is 37.6 Å². The first-order valence-corrected chi connectivity index (χ1v) is 10.0. The van der Waals surface area contributed by atoms with Gasteiger partial charge in [0.1, 0.15) is 18.1 Å². The number of benzene rings is 2. The number of hydrogen-bond acceptors (Lipinski definition) is 6. The average Bonchev–Trinajstić information content (AvgIpc) is 3.25. The molecular weight excluding hydrogens is 382 g/mol. The highest BCUT2D eigenvalue weighted by Gasteiger charge is 2.11. The Bertz CT molecular complexity index is 934. The van der Waals surface area contributed by atoms with Gasteiger partial charge in [-0.05, 0) is 35.7 Å². The van der Waals surface area contributed by atoms with Crippen molar-refractivity contribution in [3.8, 4) is 22.9 Å². The van der Waals surface area contributed by atoms with E-state index in [1.807, 2.05) is 36.4 Å². The first kappa shape index (κ1) is 21.4. The molecule has 0 fully saturated rings. The molecular formula is C23H27N3O4. The summed E-state index contributed by atoms with van der Waals surface area (Å²) in [4.78, 5) is 16.4. The van der Waals surface area contributed by atoms with Gasteiger partial charge in [0.2, 0.25) is 17.6 Å². The number of carbonyl (C=O) groups excluding carboxylic acids is 1. The van der Waals surface area contributed by atoms with Gasteiger partial charge in [-0.15, -0.1) is 0 Å². The van der Waals surface area contributed by atoms with Crippen molar-refractivity contribution >= 4 is 5.91 Å². The van der Waals surface area contributed by atoms with Crippen LogP contribution >= 0.6 is 0 Å². The van der Waals surface area contributed by atoms with Crippen LogP contribution in [0, 0.1) is 0 Å². The minimum absolute atomic E-state index is 0.0885. The number of aryl methyl sites for hydroxylation is 1. The van der Waals surface area contributed by atoms with Crippen LogP contribution in [0.3, 0.4) is 0 Å². The largest absolute Gasteiger partial charge is 0.497 e. The van der Waals surface area contributed by atoms with Crippen LogP contribution < -0.4 is 14.8 Å². The lowest BCUT2D eigenvalue weighted by Gasteiger charge is -2.08. The standard InChI is InChI=1S/C23H27N3O4/c1-16(2)17-4-6-18(7-5-17)23-25-22(30-26-23)13-12-21(27)24-14-15-29-20-10-8-19(28-3)9-11-20/h4-11,16H,12-15H2,1-3H3,(H,24,27). The lowest BCUT2D eigenvalue weighted by atomic mass is 10.0. The maximum absolute atomic E-state index is 12.0. The third kappa shape index (κ3) is 6.07. The Morgan fingerprint density at radius 1 is 1.07 bits per heavy atom. The molecule has 1 heterocycles. The molecule has 1 amide bonds. The Morgan fingerprint density at radius 2 is 1.77 bits per heavy atom. The summed E-state index contributed by atoms with van der Waals surface area (Å²) in [5, 5.41) is 6.84.